The Morgan fingerprint density at radius 2 is 2.21 bits per heavy atom. The lowest BCUT2D eigenvalue weighted by atomic mass is 10.2. The molecule has 0 aliphatic rings. The first kappa shape index (κ1) is 13.9. The van der Waals surface area contributed by atoms with Gasteiger partial charge in [0.2, 0.25) is 5.89 Å². The summed E-state index contributed by atoms with van der Waals surface area (Å²) < 4.78 is 10.0. The normalized spacial score (nSPS) is 10.5. The van der Waals surface area contributed by atoms with Crippen molar-refractivity contribution in [3.05, 3.63) is 40.4 Å². The highest BCUT2D eigenvalue weighted by Crippen LogP contribution is 2.29. The molecule has 6 heteroatoms. The molecular formula is C13H11Cl2NO3. The Balaban J connectivity index is 2.18. The van der Waals surface area contributed by atoms with Crippen LogP contribution in [0.2, 0.25) is 10.0 Å². The lowest BCUT2D eigenvalue weighted by molar-refractivity contribution is -0.142. The molecule has 0 bridgehead atoms. The molecule has 2 aromatic rings. The molecule has 0 saturated heterocycles. The molecule has 0 radical (unpaired) electrons. The fourth-order valence-corrected chi connectivity index (χ4v) is 2.05. The number of rotatable bonds is 4. The van der Waals surface area contributed by atoms with Crippen molar-refractivity contribution in [3.63, 3.8) is 0 Å². The fourth-order valence-electron chi connectivity index (χ4n) is 1.55. The van der Waals surface area contributed by atoms with Crippen molar-refractivity contribution in [1.29, 1.82) is 0 Å². The van der Waals surface area contributed by atoms with Crippen molar-refractivity contribution in [2.75, 3.05) is 6.61 Å². The number of carbonyl (C=O) groups excluding carboxylic acids is 1. The van der Waals surface area contributed by atoms with E-state index in [1.807, 2.05) is 0 Å². The average molecular weight is 300 g/mol. The van der Waals surface area contributed by atoms with Gasteiger partial charge in [-0.2, -0.15) is 0 Å². The molecule has 0 N–H and O–H groups in total. The van der Waals surface area contributed by atoms with Crippen molar-refractivity contribution < 1.29 is 13.9 Å². The maximum Gasteiger partial charge on any atom is 0.315 e. The largest absolute Gasteiger partial charge is 0.466 e. The zero-order chi connectivity index (χ0) is 13.8. The molecule has 0 saturated carbocycles. The maximum absolute atomic E-state index is 11.3. The summed E-state index contributed by atoms with van der Waals surface area (Å²) in [5.74, 6) is -0.0856. The number of hydrogen-bond acceptors (Lipinski definition) is 4. The van der Waals surface area contributed by atoms with Gasteiger partial charge in [-0.1, -0.05) is 23.2 Å². The minimum Gasteiger partial charge on any atom is -0.466 e. The number of nitrogens with zero attached hydrogens (tertiary/aromatic N) is 1. The zero-order valence-corrected chi connectivity index (χ0v) is 11.7. The van der Waals surface area contributed by atoms with E-state index in [0.29, 0.717) is 33.8 Å². The van der Waals surface area contributed by atoms with Crippen molar-refractivity contribution in [2.45, 2.75) is 13.3 Å². The number of ether oxygens (including phenoxy) is 1. The van der Waals surface area contributed by atoms with E-state index in [1.54, 1.807) is 25.1 Å². The van der Waals surface area contributed by atoms with E-state index in [4.69, 9.17) is 32.4 Å². The molecule has 0 unspecified atom stereocenters. The predicted octanol–water partition coefficient (Wildman–Crippen LogP) is 3.75. The Kier molecular flexibility index (Phi) is 4.45. The van der Waals surface area contributed by atoms with Crippen LogP contribution in [0.25, 0.3) is 11.3 Å². The Bertz CT molecular complexity index is 595. The monoisotopic (exact) mass is 299 g/mol. The van der Waals surface area contributed by atoms with Crippen LogP contribution in [-0.2, 0) is 16.0 Å². The van der Waals surface area contributed by atoms with Gasteiger partial charge in [-0.25, -0.2) is 4.98 Å². The highest BCUT2D eigenvalue weighted by Gasteiger charge is 2.13. The molecule has 0 aliphatic heterocycles. The third-order valence-electron chi connectivity index (χ3n) is 2.36. The minimum atomic E-state index is -0.377. The second-order valence-electron chi connectivity index (χ2n) is 3.73. The molecule has 1 aromatic heterocycles. The number of esters is 1. The molecule has 0 fully saturated rings. The summed E-state index contributed by atoms with van der Waals surface area (Å²) in [6, 6.07) is 5.08. The highest BCUT2D eigenvalue weighted by atomic mass is 35.5. The van der Waals surface area contributed by atoms with Crippen LogP contribution >= 0.6 is 23.2 Å². The number of oxazole rings is 1. The van der Waals surface area contributed by atoms with E-state index in [-0.39, 0.29) is 12.4 Å². The number of aromatic nitrogens is 1. The van der Waals surface area contributed by atoms with Gasteiger partial charge < -0.3 is 9.15 Å². The standard InChI is InChI=1S/C13H11Cl2NO3/c1-2-18-13(17)6-12-16-11(7-19-12)9-4-3-8(14)5-10(9)15/h3-5,7H,2,6H2,1H3. The number of halogens is 2. The van der Waals surface area contributed by atoms with Gasteiger partial charge in [-0.05, 0) is 25.1 Å². The van der Waals surface area contributed by atoms with Gasteiger partial charge >= 0.3 is 5.97 Å². The summed E-state index contributed by atoms with van der Waals surface area (Å²) in [6.45, 7) is 2.07. The first-order valence-electron chi connectivity index (χ1n) is 5.65. The van der Waals surface area contributed by atoms with Gasteiger partial charge in [0, 0.05) is 10.6 Å². The van der Waals surface area contributed by atoms with Crippen molar-refractivity contribution in [3.8, 4) is 11.3 Å². The number of hydrogen-bond donors (Lipinski definition) is 0. The minimum absolute atomic E-state index is 0.000944. The van der Waals surface area contributed by atoms with E-state index in [1.165, 1.54) is 6.26 Å². The average Bonchev–Trinajstić information content (AvgIpc) is 2.77. The molecule has 4 nitrogen and oxygen atoms in total. The van der Waals surface area contributed by atoms with Crippen LogP contribution < -0.4 is 0 Å². The first-order valence-corrected chi connectivity index (χ1v) is 6.41. The van der Waals surface area contributed by atoms with Crippen LogP contribution in [0.4, 0.5) is 0 Å². The summed E-state index contributed by atoms with van der Waals surface area (Å²) in [5, 5.41) is 1.02. The van der Waals surface area contributed by atoms with Gasteiger partial charge in [0.1, 0.15) is 18.4 Å². The van der Waals surface area contributed by atoms with Gasteiger partial charge in [-0.3, -0.25) is 4.79 Å². The summed E-state index contributed by atoms with van der Waals surface area (Å²) in [4.78, 5) is 15.5. The Morgan fingerprint density at radius 1 is 1.42 bits per heavy atom. The number of benzene rings is 1. The topological polar surface area (TPSA) is 52.3 Å². The van der Waals surface area contributed by atoms with Gasteiger partial charge in [0.05, 0.1) is 11.6 Å². The molecule has 0 aliphatic carbocycles. The Hall–Kier alpha value is -1.52. The maximum atomic E-state index is 11.3. The van der Waals surface area contributed by atoms with Crippen LogP contribution in [0.1, 0.15) is 12.8 Å². The molecule has 100 valence electrons. The molecule has 0 spiro atoms. The van der Waals surface area contributed by atoms with Gasteiger partial charge in [-0.15, -0.1) is 0 Å². The Labute approximate surface area is 120 Å². The van der Waals surface area contributed by atoms with Gasteiger partial charge in [0.25, 0.3) is 0 Å². The van der Waals surface area contributed by atoms with Crippen molar-refractivity contribution >= 4 is 29.2 Å². The van der Waals surface area contributed by atoms with Gasteiger partial charge in [0.15, 0.2) is 0 Å². The summed E-state index contributed by atoms with van der Waals surface area (Å²) in [5.41, 5.74) is 1.26. The van der Waals surface area contributed by atoms with Crippen molar-refractivity contribution in [2.24, 2.45) is 0 Å². The summed E-state index contributed by atoms with van der Waals surface area (Å²) >= 11 is 11.9. The van der Waals surface area contributed by atoms with Crippen LogP contribution in [-0.4, -0.2) is 17.6 Å². The van der Waals surface area contributed by atoms with E-state index in [0.717, 1.165) is 0 Å². The zero-order valence-electron chi connectivity index (χ0n) is 10.2. The highest BCUT2D eigenvalue weighted by molar-refractivity contribution is 6.36. The van der Waals surface area contributed by atoms with Crippen LogP contribution in [0.5, 0.6) is 0 Å². The second-order valence-corrected chi connectivity index (χ2v) is 4.58. The van der Waals surface area contributed by atoms with Crippen molar-refractivity contribution in [1.82, 2.24) is 4.98 Å². The molecular weight excluding hydrogens is 289 g/mol. The first-order chi connectivity index (χ1) is 9.10. The quantitative estimate of drug-likeness (QED) is 0.807. The van der Waals surface area contributed by atoms with Crippen LogP contribution in [0.15, 0.2) is 28.9 Å². The summed E-state index contributed by atoms with van der Waals surface area (Å²) in [6.07, 6.45) is 1.45. The smallest absolute Gasteiger partial charge is 0.315 e. The lowest BCUT2D eigenvalue weighted by Gasteiger charge is -2.00. The molecule has 0 atom stereocenters. The Morgan fingerprint density at radius 3 is 2.89 bits per heavy atom. The van der Waals surface area contributed by atoms with E-state index in [9.17, 15) is 4.79 Å². The molecule has 1 aromatic carbocycles. The predicted molar refractivity (Wildman–Crippen MR) is 72.3 cm³/mol. The van der Waals surface area contributed by atoms with E-state index < -0.39 is 0 Å². The van der Waals surface area contributed by atoms with E-state index >= 15 is 0 Å². The fraction of sp³-hybridized carbons (Fsp3) is 0.231. The molecule has 19 heavy (non-hydrogen) atoms. The summed E-state index contributed by atoms with van der Waals surface area (Å²) in [7, 11) is 0. The van der Waals surface area contributed by atoms with Crippen LogP contribution in [0.3, 0.4) is 0 Å². The molecule has 1 heterocycles. The number of carbonyl (C=O) groups is 1. The van der Waals surface area contributed by atoms with Crippen LogP contribution in [0, 0.1) is 0 Å². The second kappa shape index (κ2) is 6.08. The SMILES string of the molecule is CCOC(=O)Cc1nc(-c2ccc(Cl)cc2Cl)co1. The third kappa shape index (κ3) is 3.49. The lowest BCUT2D eigenvalue weighted by Crippen LogP contribution is -2.07. The third-order valence-corrected chi connectivity index (χ3v) is 2.91. The molecule has 2 rings (SSSR count). The van der Waals surface area contributed by atoms with E-state index in [2.05, 4.69) is 4.98 Å². The molecule has 0 amide bonds.